The van der Waals surface area contributed by atoms with E-state index in [1.807, 2.05) is 0 Å². The fourth-order valence-electron chi connectivity index (χ4n) is 2.75. The van der Waals surface area contributed by atoms with E-state index < -0.39 is 5.97 Å². The smallest absolute Gasteiger partial charge is 0.335 e. The molecule has 1 aliphatic heterocycles. The van der Waals surface area contributed by atoms with Gasteiger partial charge in [-0.15, -0.1) is 0 Å². The number of thiocarbonyl (C=S) groups is 1. The molecule has 0 atom stereocenters. The first kappa shape index (κ1) is 21.7. The van der Waals surface area contributed by atoms with Gasteiger partial charge >= 0.3 is 5.97 Å². The third kappa shape index (κ3) is 5.52. The van der Waals surface area contributed by atoms with Crippen LogP contribution < -0.4 is 5.32 Å². The second-order valence-corrected chi connectivity index (χ2v) is 8.10. The molecule has 6 nitrogen and oxygen atoms in total. The van der Waals surface area contributed by atoms with E-state index in [9.17, 15) is 18.8 Å². The van der Waals surface area contributed by atoms with Crippen molar-refractivity contribution in [2.75, 3.05) is 11.9 Å². The molecule has 1 saturated heterocycles. The van der Waals surface area contributed by atoms with E-state index in [-0.39, 0.29) is 36.2 Å². The van der Waals surface area contributed by atoms with Crippen LogP contribution in [0.1, 0.15) is 28.8 Å². The number of anilines is 1. The summed E-state index contributed by atoms with van der Waals surface area (Å²) in [7, 11) is 0. The summed E-state index contributed by atoms with van der Waals surface area (Å²) in [5, 5.41) is 11.6. The maximum atomic E-state index is 13.0. The molecule has 0 saturated carbocycles. The number of benzene rings is 2. The number of hydrogen-bond donors (Lipinski definition) is 2. The maximum absolute atomic E-state index is 13.0. The fraction of sp³-hybridized carbons (Fsp3) is 0.143. The Balaban J connectivity index is 1.53. The highest BCUT2D eigenvalue weighted by atomic mass is 32.2. The molecule has 0 aliphatic carbocycles. The summed E-state index contributed by atoms with van der Waals surface area (Å²) in [4.78, 5) is 37.6. The number of carbonyl (C=O) groups is 3. The van der Waals surface area contributed by atoms with Crippen LogP contribution in [0.5, 0.6) is 0 Å². The van der Waals surface area contributed by atoms with Crippen LogP contribution in [-0.4, -0.2) is 38.7 Å². The molecule has 0 bridgehead atoms. The number of hydrogen-bond acceptors (Lipinski definition) is 5. The summed E-state index contributed by atoms with van der Waals surface area (Å²) in [5.74, 6) is -1.96. The van der Waals surface area contributed by atoms with Crippen molar-refractivity contribution in [1.82, 2.24) is 4.90 Å². The zero-order chi connectivity index (χ0) is 21.7. The Morgan fingerprint density at radius 3 is 2.63 bits per heavy atom. The molecule has 0 spiro atoms. The SMILES string of the molecule is O=C(CCCN1C(=O)C(=Cc2ccc(F)cc2)SC1=S)Nc1cccc(C(=O)O)c1. The van der Waals surface area contributed by atoms with Crippen LogP contribution in [0.25, 0.3) is 6.08 Å². The van der Waals surface area contributed by atoms with Crippen LogP contribution in [-0.2, 0) is 9.59 Å². The summed E-state index contributed by atoms with van der Waals surface area (Å²) in [5.41, 5.74) is 1.17. The summed E-state index contributed by atoms with van der Waals surface area (Å²) in [6.07, 6.45) is 2.19. The number of carboxylic acids is 1. The van der Waals surface area contributed by atoms with E-state index in [1.54, 1.807) is 30.3 Å². The topological polar surface area (TPSA) is 86.7 Å². The number of nitrogens with one attached hydrogen (secondary N) is 1. The zero-order valence-electron chi connectivity index (χ0n) is 15.6. The molecule has 2 aromatic carbocycles. The molecule has 0 aromatic heterocycles. The molecule has 2 N–H and O–H groups in total. The molecule has 0 unspecified atom stereocenters. The lowest BCUT2D eigenvalue weighted by Gasteiger charge is -2.14. The van der Waals surface area contributed by atoms with Crippen LogP contribution in [0.4, 0.5) is 10.1 Å². The largest absolute Gasteiger partial charge is 0.478 e. The van der Waals surface area contributed by atoms with Crippen molar-refractivity contribution in [3.8, 4) is 0 Å². The van der Waals surface area contributed by atoms with Gasteiger partial charge in [0.2, 0.25) is 5.91 Å². The lowest BCUT2D eigenvalue weighted by molar-refractivity contribution is -0.122. The molecule has 30 heavy (non-hydrogen) atoms. The molecule has 1 aliphatic rings. The highest BCUT2D eigenvalue weighted by molar-refractivity contribution is 8.26. The van der Waals surface area contributed by atoms with Gasteiger partial charge in [0.05, 0.1) is 10.5 Å². The van der Waals surface area contributed by atoms with Crippen molar-refractivity contribution >= 4 is 57.8 Å². The average Bonchev–Trinajstić information content (AvgIpc) is 2.97. The van der Waals surface area contributed by atoms with E-state index in [0.717, 1.165) is 0 Å². The molecule has 1 heterocycles. The first-order valence-electron chi connectivity index (χ1n) is 8.97. The molecule has 0 radical (unpaired) electrons. The van der Waals surface area contributed by atoms with Gasteiger partial charge in [-0.05, 0) is 48.4 Å². The van der Waals surface area contributed by atoms with Crippen LogP contribution in [0.3, 0.4) is 0 Å². The second kappa shape index (κ2) is 9.64. The molecular formula is C21H17FN2O4S2. The van der Waals surface area contributed by atoms with Crippen molar-refractivity contribution in [1.29, 1.82) is 0 Å². The predicted octanol–water partition coefficient (Wildman–Crippen LogP) is 4.14. The number of nitrogens with zero attached hydrogens (tertiary/aromatic N) is 1. The lowest BCUT2D eigenvalue weighted by atomic mass is 10.2. The number of carboxylic acid groups (broad SMARTS) is 1. The van der Waals surface area contributed by atoms with Gasteiger partial charge in [0.25, 0.3) is 5.91 Å². The highest BCUT2D eigenvalue weighted by Crippen LogP contribution is 2.32. The lowest BCUT2D eigenvalue weighted by Crippen LogP contribution is -2.29. The number of rotatable bonds is 7. The summed E-state index contributed by atoms with van der Waals surface area (Å²) in [6.45, 7) is 0.286. The van der Waals surface area contributed by atoms with Crippen LogP contribution in [0.2, 0.25) is 0 Å². The van der Waals surface area contributed by atoms with E-state index in [4.69, 9.17) is 17.3 Å². The van der Waals surface area contributed by atoms with Crippen LogP contribution in [0, 0.1) is 5.82 Å². The van der Waals surface area contributed by atoms with Crippen molar-refractivity contribution in [2.45, 2.75) is 12.8 Å². The minimum absolute atomic E-state index is 0.0818. The van der Waals surface area contributed by atoms with Crippen molar-refractivity contribution in [2.24, 2.45) is 0 Å². The molecule has 2 aromatic rings. The van der Waals surface area contributed by atoms with Gasteiger partial charge in [0, 0.05) is 18.7 Å². The fourth-order valence-corrected chi connectivity index (χ4v) is 4.06. The van der Waals surface area contributed by atoms with E-state index in [1.165, 1.54) is 40.9 Å². The average molecular weight is 445 g/mol. The Morgan fingerprint density at radius 1 is 1.20 bits per heavy atom. The van der Waals surface area contributed by atoms with Gasteiger partial charge in [0.15, 0.2) is 0 Å². The molecule has 9 heteroatoms. The minimum atomic E-state index is -1.07. The number of aromatic carboxylic acids is 1. The maximum Gasteiger partial charge on any atom is 0.335 e. The number of amides is 2. The zero-order valence-corrected chi connectivity index (χ0v) is 17.3. The van der Waals surface area contributed by atoms with Crippen LogP contribution >= 0.6 is 24.0 Å². The molecule has 1 fully saturated rings. The number of thioether (sulfide) groups is 1. The molecule has 2 amide bonds. The monoisotopic (exact) mass is 444 g/mol. The van der Waals surface area contributed by atoms with E-state index in [2.05, 4.69) is 5.32 Å². The van der Waals surface area contributed by atoms with Gasteiger partial charge < -0.3 is 10.4 Å². The standard InChI is InChI=1S/C21H17FN2O4S2/c22-15-8-6-13(7-9-15)11-17-19(26)24(21(29)30-17)10-2-5-18(25)23-16-4-1-3-14(12-16)20(27)28/h1,3-4,6-9,11-12H,2,5,10H2,(H,23,25)(H,27,28). The third-order valence-corrected chi connectivity index (χ3v) is 5.60. The van der Waals surface area contributed by atoms with Crippen LogP contribution in [0.15, 0.2) is 53.4 Å². The minimum Gasteiger partial charge on any atom is -0.478 e. The summed E-state index contributed by atoms with van der Waals surface area (Å²) in [6, 6.07) is 11.8. The van der Waals surface area contributed by atoms with Gasteiger partial charge in [0.1, 0.15) is 10.1 Å². The molecule has 3 rings (SSSR count). The Labute approximate surface area is 181 Å². The first-order valence-corrected chi connectivity index (χ1v) is 10.2. The number of carbonyl (C=O) groups excluding carboxylic acids is 2. The Hall–Kier alpha value is -3.04. The van der Waals surface area contributed by atoms with E-state index >= 15 is 0 Å². The van der Waals surface area contributed by atoms with Gasteiger partial charge in [-0.1, -0.05) is 42.2 Å². The predicted molar refractivity (Wildman–Crippen MR) is 118 cm³/mol. The normalized spacial score (nSPS) is 15.0. The number of halogens is 1. The Bertz CT molecular complexity index is 1040. The quantitative estimate of drug-likeness (QED) is 0.493. The van der Waals surface area contributed by atoms with Gasteiger partial charge in [-0.2, -0.15) is 0 Å². The van der Waals surface area contributed by atoms with E-state index in [0.29, 0.717) is 26.9 Å². The van der Waals surface area contributed by atoms with Crippen molar-refractivity contribution in [3.05, 3.63) is 70.4 Å². The molecular weight excluding hydrogens is 427 g/mol. The third-order valence-electron chi connectivity index (χ3n) is 4.22. The van der Waals surface area contributed by atoms with Gasteiger partial charge in [-0.25, -0.2) is 9.18 Å². The summed E-state index contributed by atoms with van der Waals surface area (Å²) >= 11 is 6.43. The summed E-state index contributed by atoms with van der Waals surface area (Å²) < 4.78 is 13.4. The Kier molecular flexibility index (Phi) is 6.96. The Morgan fingerprint density at radius 2 is 1.93 bits per heavy atom. The first-order chi connectivity index (χ1) is 14.3. The van der Waals surface area contributed by atoms with Crippen molar-refractivity contribution in [3.63, 3.8) is 0 Å². The highest BCUT2D eigenvalue weighted by Gasteiger charge is 2.31. The van der Waals surface area contributed by atoms with Gasteiger partial charge in [-0.3, -0.25) is 14.5 Å². The van der Waals surface area contributed by atoms with Crippen molar-refractivity contribution < 1.29 is 23.9 Å². The molecule has 154 valence electrons. The second-order valence-electron chi connectivity index (χ2n) is 6.42.